The number of aryl methyl sites for hydroxylation is 1. The molecule has 1 aromatic carbocycles. The number of ether oxygens (including phenoxy) is 1. The fourth-order valence-electron chi connectivity index (χ4n) is 2.25. The highest BCUT2D eigenvalue weighted by Crippen LogP contribution is 2.36. The first-order chi connectivity index (χ1) is 9.47. The Kier molecular flexibility index (Phi) is 4.20. The molecule has 1 aromatic heterocycles. The van der Waals surface area contributed by atoms with Crippen LogP contribution in [0.2, 0.25) is 0 Å². The van der Waals surface area contributed by atoms with Crippen LogP contribution in [-0.2, 0) is 11.3 Å². The smallest absolute Gasteiger partial charge is 0.346 e. The van der Waals surface area contributed by atoms with Crippen LogP contribution in [-0.4, -0.2) is 23.5 Å². The number of thiophene rings is 1. The lowest BCUT2D eigenvalue weighted by molar-refractivity contribution is 0.0701. The van der Waals surface area contributed by atoms with E-state index in [-0.39, 0.29) is 10.7 Å². The Hall–Kier alpha value is -1.72. The number of carboxylic acids is 1. The van der Waals surface area contributed by atoms with Crippen molar-refractivity contribution in [3.05, 3.63) is 33.7 Å². The van der Waals surface area contributed by atoms with Crippen molar-refractivity contribution in [2.75, 3.05) is 6.61 Å². The summed E-state index contributed by atoms with van der Waals surface area (Å²) in [7, 11) is 0. The summed E-state index contributed by atoms with van der Waals surface area (Å²) >= 11 is 1.16. The average molecular weight is 292 g/mol. The fraction of sp³-hybridized carbons (Fsp3) is 0.333. The zero-order chi connectivity index (χ0) is 14.9. The molecule has 0 atom stereocenters. The summed E-state index contributed by atoms with van der Waals surface area (Å²) in [5, 5.41) is 10.1. The van der Waals surface area contributed by atoms with Crippen molar-refractivity contribution in [1.29, 1.82) is 0 Å². The first-order valence-corrected chi connectivity index (χ1v) is 7.16. The number of carbonyl (C=O) groups excluding carboxylic acids is 1. The molecule has 0 fully saturated rings. The molecular formula is C15H16O4S. The molecule has 4 nitrogen and oxygen atoms in total. The van der Waals surface area contributed by atoms with Crippen LogP contribution in [0.1, 0.15) is 45.0 Å². The predicted octanol–water partition coefficient (Wildman–Crippen LogP) is 3.65. The van der Waals surface area contributed by atoms with Crippen LogP contribution >= 0.6 is 11.3 Å². The van der Waals surface area contributed by atoms with Crippen LogP contribution in [0.5, 0.6) is 0 Å². The minimum Gasteiger partial charge on any atom is -0.477 e. The second-order valence-corrected chi connectivity index (χ2v) is 5.55. The highest BCUT2D eigenvalue weighted by atomic mass is 32.1. The minimum atomic E-state index is -0.958. The van der Waals surface area contributed by atoms with Gasteiger partial charge in [0.15, 0.2) is 5.78 Å². The van der Waals surface area contributed by atoms with Crippen LogP contribution in [0.15, 0.2) is 12.1 Å². The van der Waals surface area contributed by atoms with Gasteiger partial charge in [-0.25, -0.2) is 4.79 Å². The van der Waals surface area contributed by atoms with Gasteiger partial charge in [-0.15, -0.1) is 11.3 Å². The lowest BCUT2D eigenvalue weighted by atomic mass is 10.0. The molecule has 1 heterocycles. The largest absolute Gasteiger partial charge is 0.477 e. The molecule has 0 amide bonds. The third-order valence-electron chi connectivity index (χ3n) is 3.20. The van der Waals surface area contributed by atoms with Gasteiger partial charge in [0.05, 0.1) is 6.61 Å². The third kappa shape index (κ3) is 2.46. The average Bonchev–Trinajstić information content (AvgIpc) is 2.74. The first-order valence-electron chi connectivity index (χ1n) is 6.34. The van der Waals surface area contributed by atoms with Gasteiger partial charge in [-0.2, -0.15) is 0 Å². The van der Waals surface area contributed by atoms with Gasteiger partial charge >= 0.3 is 5.97 Å². The van der Waals surface area contributed by atoms with Gasteiger partial charge in [-0.1, -0.05) is 6.07 Å². The van der Waals surface area contributed by atoms with E-state index in [1.54, 1.807) is 13.0 Å². The number of ketones is 1. The molecule has 2 rings (SSSR count). The lowest BCUT2D eigenvalue weighted by Crippen LogP contribution is -1.98. The van der Waals surface area contributed by atoms with Crippen LogP contribution in [0.4, 0.5) is 0 Å². The van der Waals surface area contributed by atoms with Crippen molar-refractivity contribution >= 4 is 33.2 Å². The molecule has 106 valence electrons. The van der Waals surface area contributed by atoms with E-state index in [0.29, 0.717) is 24.3 Å². The maximum absolute atomic E-state index is 11.7. The zero-order valence-electron chi connectivity index (χ0n) is 11.6. The normalized spacial score (nSPS) is 10.9. The fourth-order valence-corrected chi connectivity index (χ4v) is 3.50. The molecule has 0 aliphatic heterocycles. The molecule has 0 unspecified atom stereocenters. The molecule has 0 spiro atoms. The minimum absolute atomic E-state index is 0.0591. The van der Waals surface area contributed by atoms with E-state index in [4.69, 9.17) is 4.74 Å². The van der Waals surface area contributed by atoms with Crippen LogP contribution < -0.4 is 0 Å². The molecule has 2 aromatic rings. The first kappa shape index (κ1) is 14.7. The van der Waals surface area contributed by atoms with Gasteiger partial charge < -0.3 is 9.84 Å². The monoisotopic (exact) mass is 292 g/mol. The van der Waals surface area contributed by atoms with Gasteiger partial charge in [-0.05, 0) is 38.0 Å². The van der Waals surface area contributed by atoms with E-state index in [0.717, 1.165) is 27.0 Å². The van der Waals surface area contributed by atoms with Gasteiger partial charge in [0, 0.05) is 22.3 Å². The number of hydrogen-bond donors (Lipinski definition) is 1. The molecule has 20 heavy (non-hydrogen) atoms. The molecule has 5 heteroatoms. The number of benzene rings is 1. The highest BCUT2D eigenvalue weighted by Gasteiger charge is 2.20. The lowest BCUT2D eigenvalue weighted by Gasteiger charge is -2.07. The number of hydrogen-bond acceptors (Lipinski definition) is 4. The SMILES string of the molecule is CCOCc1ccc(C(C)=O)c2sc(C(=O)O)c(C)c12. The Morgan fingerprint density at radius 2 is 2.05 bits per heavy atom. The Morgan fingerprint density at radius 3 is 2.60 bits per heavy atom. The van der Waals surface area contributed by atoms with Gasteiger partial charge in [-0.3, -0.25) is 4.79 Å². The zero-order valence-corrected chi connectivity index (χ0v) is 12.5. The number of fused-ring (bicyclic) bond motifs is 1. The standard InChI is InChI=1S/C15H16O4S/c1-4-19-7-10-5-6-11(9(3)16)14-12(10)8(2)13(20-14)15(17)18/h5-6H,4,7H2,1-3H3,(H,17,18). The topological polar surface area (TPSA) is 63.6 Å². The molecule has 0 aliphatic carbocycles. The van der Waals surface area contributed by atoms with Crippen molar-refractivity contribution in [3.63, 3.8) is 0 Å². The highest BCUT2D eigenvalue weighted by molar-refractivity contribution is 7.21. The summed E-state index contributed by atoms with van der Waals surface area (Å²) in [5.74, 6) is -1.02. The number of carbonyl (C=O) groups is 2. The van der Waals surface area contributed by atoms with Crippen LogP contribution in [0.25, 0.3) is 10.1 Å². The third-order valence-corrected chi connectivity index (χ3v) is 4.51. The van der Waals surface area contributed by atoms with Crippen LogP contribution in [0.3, 0.4) is 0 Å². The van der Waals surface area contributed by atoms with Crippen molar-refractivity contribution in [2.45, 2.75) is 27.4 Å². The van der Waals surface area contributed by atoms with Gasteiger partial charge in [0.1, 0.15) is 4.88 Å². The van der Waals surface area contributed by atoms with E-state index in [1.165, 1.54) is 6.92 Å². The predicted molar refractivity (Wildman–Crippen MR) is 78.9 cm³/mol. The summed E-state index contributed by atoms with van der Waals surface area (Å²) in [4.78, 5) is 23.3. The number of aromatic carboxylic acids is 1. The number of Topliss-reactive ketones (excluding diaryl/α,β-unsaturated/α-hetero) is 1. The summed E-state index contributed by atoms with van der Waals surface area (Å²) in [6.07, 6.45) is 0. The maximum Gasteiger partial charge on any atom is 0.346 e. The molecule has 0 saturated heterocycles. The molecule has 1 N–H and O–H groups in total. The van der Waals surface area contributed by atoms with E-state index in [9.17, 15) is 14.7 Å². The Morgan fingerprint density at radius 1 is 1.35 bits per heavy atom. The molecular weight excluding hydrogens is 276 g/mol. The summed E-state index contributed by atoms with van der Waals surface area (Å²) in [6, 6.07) is 3.60. The van der Waals surface area contributed by atoms with E-state index in [2.05, 4.69) is 0 Å². The van der Waals surface area contributed by atoms with E-state index >= 15 is 0 Å². The van der Waals surface area contributed by atoms with E-state index in [1.807, 2.05) is 13.0 Å². The summed E-state index contributed by atoms with van der Waals surface area (Å²) in [5.41, 5.74) is 2.20. The Bertz CT molecular complexity index is 685. The summed E-state index contributed by atoms with van der Waals surface area (Å²) < 4.78 is 6.17. The number of carboxylic acid groups (broad SMARTS) is 1. The van der Waals surface area contributed by atoms with Crippen molar-refractivity contribution < 1.29 is 19.4 Å². The van der Waals surface area contributed by atoms with Crippen LogP contribution in [0, 0.1) is 6.92 Å². The van der Waals surface area contributed by atoms with Crippen molar-refractivity contribution in [2.24, 2.45) is 0 Å². The second kappa shape index (κ2) is 5.73. The molecule has 0 saturated carbocycles. The molecule has 0 aliphatic rings. The van der Waals surface area contributed by atoms with Crippen molar-refractivity contribution in [3.8, 4) is 0 Å². The quantitative estimate of drug-likeness (QED) is 0.854. The number of rotatable bonds is 5. The van der Waals surface area contributed by atoms with Gasteiger partial charge in [0.2, 0.25) is 0 Å². The van der Waals surface area contributed by atoms with E-state index < -0.39 is 5.97 Å². The maximum atomic E-state index is 11.7. The van der Waals surface area contributed by atoms with Crippen molar-refractivity contribution in [1.82, 2.24) is 0 Å². The summed E-state index contributed by atoms with van der Waals surface area (Å²) in [6.45, 7) is 6.19. The Balaban J connectivity index is 2.75. The Labute approximate surface area is 121 Å². The van der Waals surface area contributed by atoms with Gasteiger partial charge in [0.25, 0.3) is 0 Å². The second-order valence-electron chi connectivity index (χ2n) is 4.53. The molecule has 0 radical (unpaired) electrons. The molecule has 0 bridgehead atoms.